The van der Waals surface area contributed by atoms with Crippen LogP contribution in [0.5, 0.6) is 0 Å². The molecule has 0 amide bonds. The molecule has 0 heterocycles. The van der Waals surface area contributed by atoms with Gasteiger partial charge < -0.3 is 5.11 Å². The Bertz CT molecular complexity index is 344. The van der Waals surface area contributed by atoms with E-state index in [1.54, 1.807) is 12.2 Å². The van der Waals surface area contributed by atoms with Crippen LogP contribution in [0.25, 0.3) is 0 Å². The van der Waals surface area contributed by atoms with E-state index in [0.29, 0.717) is 0 Å². The van der Waals surface area contributed by atoms with Gasteiger partial charge in [-0.2, -0.15) is 0 Å². The van der Waals surface area contributed by atoms with Crippen molar-refractivity contribution >= 4 is 5.97 Å². The van der Waals surface area contributed by atoms with Crippen molar-refractivity contribution in [3.63, 3.8) is 0 Å². The third kappa shape index (κ3) is 14.2. The Hall–Kier alpha value is -1.83. The first-order chi connectivity index (χ1) is 8.77. The lowest BCUT2D eigenvalue weighted by Gasteiger charge is -1.89. The van der Waals surface area contributed by atoms with Gasteiger partial charge in [0.15, 0.2) is 0 Å². The van der Waals surface area contributed by atoms with Crippen LogP contribution >= 0.6 is 0 Å². The minimum atomic E-state index is -0.934. The molecule has 0 aromatic rings. The second kappa shape index (κ2) is 13.2. The number of carboxylic acid groups (broad SMARTS) is 1. The summed E-state index contributed by atoms with van der Waals surface area (Å²) in [6.07, 6.45) is 22.9. The monoisotopic (exact) mass is 246 g/mol. The summed E-state index contributed by atoms with van der Waals surface area (Å²) in [5.41, 5.74) is 0. The van der Waals surface area contributed by atoms with Gasteiger partial charge in [-0.1, -0.05) is 74.4 Å². The van der Waals surface area contributed by atoms with Gasteiger partial charge in [-0.15, -0.1) is 0 Å². The molecule has 0 aliphatic rings. The first-order valence-electron chi connectivity index (χ1n) is 6.33. The summed E-state index contributed by atoms with van der Waals surface area (Å²) in [5, 5.41) is 8.33. The fourth-order valence-corrected chi connectivity index (χ4v) is 1.21. The third-order valence-corrected chi connectivity index (χ3v) is 2.13. The van der Waals surface area contributed by atoms with Crippen molar-refractivity contribution in [2.75, 3.05) is 0 Å². The SMILES string of the molecule is CCCCCC=CC=CC=C/C=C/C=C/C(=O)O. The summed E-state index contributed by atoms with van der Waals surface area (Å²) >= 11 is 0. The Morgan fingerprint density at radius 2 is 1.44 bits per heavy atom. The summed E-state index contributed by atoms with van der Waals surface area (Å²) < 4.78 is 0. The Morgan fingerprint density at radius 1 is 0.889 bits per heavy atom. The van der Waals surface area contributed by atoms with E-state index in [2.05, 4.69) is 13.0 Å². The van der Waals surface area contributed by atoms with E-state index in [1.807, 2.05) is 30.4 Å². The van der Waals surface area contributed by atoms with Crippen LogP contribution in [0.1, 0.15) is 32.6 Å². The van der Waals surface area contributed by atoms with E-state index in [9.17, 15) is 4.79 Å². The van der Waals surface area contributed by atoms with Gasteiger partial charge in [-0.25, -0.2) is 4.79 Å². The maximum atomic E-state index is 10.1. The Balaban J connectivity index is 3.65. The maximum absolute atomic E-state index is 10.1. The van der Waals surface area contributed by atoms with Crippen molar-refractivity contribution in [3.05, 3.63) is 60.8 Å². The molecule has 98 valence electrons. The van der Waals surface area contributed by atoms with Gasteiger partial charge in [0.1, 0.15) is 0 Å². The van der Waals surface area contributed by atoms with Crippen LogP contribution in [-0.4, -0.2) is 11.1 Å². The fraction of sp³-hybridized carbons (Fsp3) is 0.312. The molecular weight excluding hydrogens is 224 g/mol. The van der Waals surface area contributed by atoms with E-state index < -0.39 is 5.97 Å². The summed E-state index contributed by atoms with van der Waals surface area (Å²) in [7, 11) is 0. The molecule has 18 heavy (non-hydrogen) atoms. The highest BCUT2D eigenvalue weighted by molar-refractivity contribution is 5.80. The third-order valence-electron chi connectivity index (χ3n) is 2.13. The second-order valence-electron chi connectivity index (χ2n) is 3.78. The lowest BCUT2D eigenvalue weighted by atomic mass is 10.2. The molecule has 0 bridgehead atoms. The number of aliphatic carboxylic acids is 1. The van der Waals surface area contributed by atoms with Crippen LogP contribution in [-0.2, 0) is 4.79 Å². The van der Waals surface area contributed by atoms with Gasteiger partial charge in [-0.3, -0.25) is 0 Å². The molecule has 0 saturated heterocycles. The highest BCUT2D eigenvalue weighted by Gasteiger charge is 1.80. The average Bonchev–Trinajstić information content (AvgIpc) is 2.34. The summed E-state index contributed by atoms with van der Waals surface area (Å²) in [5.74, 6) is -0.934. The normalized spacial score (nSPS) is 12.9. The summed E-state index contributed by atoms with van der Waals surface area (Å²) in [6, 6.07) is 0. The highest BCUT2D eigenvalue weighted by atomic mass is 16.4. The standard InChI is InChI=1S/C16H22O2/c1-2-3-4-5-6-7-8-9-10-11-12-13-14-15-16(17)18/h6-15H,2-5H2,1H3,(H,17,18)/b7-6?,9-8?,11-10?,13-12+,15-14+. The van der Waals surface area contributed by atoms with E-state index in [-0.39, 0.29) is 0 Å². The van der Waals surface area contributed by atoms with Gasteiger partial charge in [0.25, 0.3) is 0 Å². The van der Waals surface area contributed by atoms with Crippen LogP contribution in [0.3, 0.4) is 0 Å². The molecule has 0 aromatic carbocycles. The topological polar surface area (TPSA) is 37.3 Å². The van der Waals surface area contributed by atoms with Crippen LogP contribution in [0.4, 0.5) is 0 Å². The average molecular weight is 246 g/mol. The summed E-state index contributed by atoms with van der Waals surface area (Å²) in [4.78, 5) is 10.1. The van der Waals surface area contributed by atoms with Gasteiger partial charge in [0.2, 0.25) is 0 Å². The number of hydrogen-bond acceptors (Lipinski definition) is 1. The lowest BCUT2D eigenvalue weighted by molar-refractivity contribution is -0.131. The first-order valence-corrected chi connectivity index (χ1v) is 6.33. The molecule has 0 radical (unpaired) electrons. The number of allylic oxidation sites excluding steroid dienone is 9. The molecule has 1 N–H and O–H groups in total. The molecule has 0 unspecified atom stereocenters. The van der Waals surface area contributed by atoms with Gasteiger partial charge in [-0.05, 0) is 12.8 Å². The molecule has 0 rings (SSSR count). The van der Waals surface area contributed by atoms with Crippen LogP contribution in [0.15, 0.2) is 60.8 Å². The summed E-state index contributed by atoms with van der Waals surface area (Å²) in [6.45, 7) is 2.20. The zero-order valence-electron chi connectivity index (χ0n) is 11.0. The number of hydrogen-bond donors (Lipinski definition) is 1. The van der Waals surface area contributed by atoms with Crippen molar-refractivity contribution in [2.24, 2.45) is 0 Å². The van der Waals surface area contributed by atoms with E-state index in [1.165, 1.54) is 25.3 Å². The number of carboxylic acids is 1. The zero-order chi connectivity index (χ0) is 13.5. The van der Waals surface area contributed by atoms with Gasteiger partial charge >= 0.3 is 5.97 Å². The second-order valence-corrected chi connectivity index (χ2v) is 3.78. The maximum Gasteiger partial charge on any atom is 0.328 e. The quantitative estimate of drug-likeness (QED) is 0.371. The number of carbonyl (C=O) groups is 1. The van der Waals surface area contributed by atoms with Crippen molar-refractivity contribution in [1.29, 1.82) is 0 Å². The van der Waals surface area contributed by atoms with Crippen molar-refractivity contribution < 1.29 is 9.90 Å². The molecule has 0 saturated carbocycles. The van der Waals surface area contributed by atoms with Crippen LogP contribution < -0.4 is 0 Å². The van der Waals surface area contributed by atoms with Crippen molar-refractivity contribution in [3.8, 4) is 0 Å². The van der Waals surface area contributed by atoms with E-state index in [0.717, 1.165) is 12.5 Å². The molecule has 0 atom stereocenters. The number of rotatable bonds is 9. The minimum Gasteiger partial charge on any atom is -0.478 e. The van der Waals surface area contributed by atoms with Gasteiger partial charge in [0, 0.05) is 6.08 Å². The molecule has 0 fully saturated rings. The molecule has 2 nitrogen and oxygen atoms in total. The predicted molar refractivity (Wildman–Crippen MR) is 77.5 cm³/mol. The fourth-order valence-electron chi connectivity index (χ4n) is 1.21. The molecule has 0 aliphatic heterocycles. The van der Waals surface area contributed by atoms with Gasteiger partial charge in [0.05, 0.1) is 0 Å². The zero-order valence-corrected chi connectivity index (χ0v) is 11.0. The molecule has 2 heteroatoms. The highest BCUT2D eigenvalue weighted by Crippen LogP contribution is 1.99. The molecular formula is C16H22O2. The van der Waals surface area contributed by atoms with Crippen LogP contribution in [0, 0.1) is 0 Å². The molecule has 0 aliphatic carbocycles. The number of unbranched alkanes of at least 4 members (excludes halogenated alkanes) is 3. The van der Waals surface area contributed by atoms with Crippen LogP contribution in [0.2, 0.25) is 0 Å². The van der Waals surface area contributed by atoms with Crippen molar-refractivity contribution in [2.45, 2.75) is 32.6 Å². The van der Waals surface area contributed by atoms with E-state index in [4.69, 9.17) is 5.11 Å². The first kappa shape index (κ1) is 16.2. The largest absolute Gasteiger partial charge is 0.478 e. The Kier molecular flexibility index (Phi) is 11.9. The molecule has 0 spiro atoms. The Labute approximate surface area is 110 Å². The van der Waals surface area contributed by atoms with E-state index >= 15 is 0 Å². The molecule has 0 aromatic heterocycles. The Morgan fingerprint density at radius 3 is 2.00 bits per heavy atom. The lowest BCUT2D eigenvalue weighted by Crippen LogP contribution is -1.84. The predicted octanol–water partition coefficient (Wildman–Crippen LogP) is 4.43. The minimum absolute atomic E-state index is 0.934. The van der Waals surface area contributed by atoms with Crippen molar-refractivity contribution in [1.82, 2.24) is 0 Å². The smallest absolute Gasteiger partial charge is 0.328 e.